The molecule has 3 aliphatic heterocycles. The molecule has 0 spiro atoms. The molecule has 9 nitrogen and oxygen atoms in total. The maximum atomic E-state index is 12.0. The van der Waals surface area contributed by atoms with Crippen LogP contribution in [0, 0.1) is 29.6 Å². The van der Waals surface area contributed by atoms with Crippen LogP contribution in [0.25, 0.3) is 0 Å². The van der Waals surface area contributed by atoms with Crippen molar-refractivity contribution in [3.05, 3.63) is 0 Å². The van der Waals surface area contributed by atoms with Gasteiger partial charge in [0.15, 0.2) is 0 Å². The van der Waals surface area contributed by atoms with Crippen LogP contribution in [0.3, 0.4) is 0 Å². The lowest BCUT2D eigenvalue weighted by atomic mass is 9.64. The summed E-state index contributed by atoms with van der Waals surface area (Å²) in [6.45, 7) is 3.10. The Hall–Kier alpha value is -0.360. The molecule has 2 saturated carbocycles. The first-order valence-corrected chi connectivity index (χ1v) is 16.2. The Bertz CT molecular complexity index is 761. The summed E-state index contributed by atoms with van der Waals surface area (Å²) in [4.78, 5) is 0. The molecule has 0 radical (unpaired) electrons. The molecule has 3 heterocycles. The van der Waals surface area contributed by atoms with E-state index < -0.39 is 6.10 Å². The van der Waals surface area contributed by atoms with Gasteiger partial charge in [-0.3, -0.25) is 5.73 Å². The number of hydrogen-bond donors (Lipinski definition) is 3. The Morgan fingerprint density at radius 3 is 2.33 bits per heavy atom. The predicted octanol–water partition coefficient (Wildman–Crippen LogP) is 1.84. The van der Waals surface area contributed by atoms with Crippen molar-refractivity contribution >= 4 is 0 Å². The van der Waals surface area contributed by atoms with Gasteiger partial charge in [0.05, 0.1) is 55.9 Å². The van der Waals surface area contributed by atoms with E-state index in [0.717, 1.165) is 77.4 Å². The second-order valence-electron chi connectivity index (χ2n) is 13.3. The van der Waals surface area contributed by atoms with E-state index in [1.165, 1.54) is 6.42 Å². The van der Waals surface area contributed by atoms with Crippen molar-refractivity contribution in [2.45, 2.75) is 120 Å². The largest absolute Gasteiger partial charge is 0.392 e. The van der Waals surface area contributed by atoms with Crippen molar-refractivity contribution in [3.8, 4) is 0 Å². The van der Waals surface area contributed by atoms with E-state index in [1.807, 2.05) is 7.11 Å². The van der Waals surface area contributed by atoms with E-state index >= 15 is 0 Å². The topological polar surface area (TPSA) is 118 Å². The predicted molar refractivity (Wildman–Crippen MR) is 151 cm³/mol. The normalized spacial score (nSPS) is 46.0. The summed E-state index contributed by atoms with van der Waals surface area (Å²) >= 11 is 0. The second kappa shape index (κ2) is 14.9. The van der Waals surface area contributed by atoms with Gasteiger partial charge in [-0.1, -0.05) is 0 Å². The fourth-order valence-corrected chi connectivity index (χ4v) is 8.81. The summed E-state index contributed by atoms with van der Waals surface area (Å²) in [5.41, 5.74) is 6.25. The summed E-state index contributed by atoms with van der Waals surface area (Å²) in [7, 11) is 5.37. The highest BCUT2D eigenvalue weighted by atomic mass is 16.5. The standard InChI is InChI=1S/C31H56N2O7/c1-35-13-4-5-27-29(24-18-39-25-8-6-20(36-2)16-22(25)30(24)34)31(23-17-21(37-3)7-9-26(23)40-27)38-14-11-19-10-12-33-28(32)15-19/h19-31,33-34H,4-18,32H2,1-3H3/p+1. The highest BCUT2D eigenvalue weighted by Crippen LogP contribution is 2.49. The fourth-order valence-electron chi connectivity index (χ4n) is 8.81. The monoisotopic (exact) mass is 569 g/mol. The average molecular weight is 570 g/mol. The molecule has 0 aromatic rings. The smallest absolute Gasteiger partial charge is 0.137 e. The Morgan fingerprint density at radius 1 is 0.850 bits per heavy atom. The van der Waals surface area contributed by atoms with E-state index in [4.69, 9.17) is 34.2 Å². The molecule has 0 aromatic heterocycles. The van der Waals surface area contributed by atoms with Crippen LogP contribution in [-0.2, 0) is 28.4 Å². The molecule has 13 unspecified atom stereocenters. The molecule has 13 atom stereocenters. The Kier molecular flexibility index (Phi) is 11.6. The van der Waals surface area contributed by atoms with Crippen LogP contribution in [0.4, 0.5) is 0 Å². The molecule has 5 aliphatic rings. The second-order valence-corrected chi connectivity index (χ2v) is 13.3. The minimum atomic E-state index is -0.452. The van der Waals surface area contributed by atoms with Crippen molar-refractivity contribution in [1.82, 2.24) is 0 Å². The van der Waals surface area contributed by atoms with Crippen molar-refractivity contribution < 1.29 is 38.8 Å². The number of rotatable bonds is 11. The van der Waals surface area contributed by atoms with Crippen LogP contribution in [0.5, 0.6) is 0 Å². The Labute approximate surface area is 241 Å². The third-order valence-electron chi connectivity index (χ3n) is 11.0. The van der Waals surface area contributed by atoms with Crippen LogP contribution < -0.4 is 11.1 Å². The van der Waals surface area contributed by atoms with Crippen molar-refractivity contribution in [1.29, 1.82) is 0 Å². The molecule has 0 aromatic carbocycles. The van der Waals surface area contributed by atoms with Gasteiger partial charge in [-0.2, -0.15) is 0 Å². The maximum Gasteiger partial charge on any atom is 0.137 e. The van der Waals surface area contributed by atoms with E-state index in [0.29, 0.717) is 19.1 Å². The van der Waals surface area contributed by atoms with E-state index in [-0.39, 0.29) is 66.5 Å². The summed E-state index contributed by atoms with van der Waals surface area (Å²) in [6.07, 6.45) is 11.4. The van der Waals surface area contributed by atoms with Gasteiger partial charge < -0.3 is 38.8 Å². The van der Waals surface area contributed by atoms with Crippen molar-refractivity contribution in [3.63, 3.8) is 0 Å². The first-order chi connectivity index (χ1) is 19.5. The number of methoxy groups -OCH3 is 3. The molecule has 5 fully saturated rings. The van der Waals surface area contributed by atoms with E-state index in [1.54, 1.807) is 14.2 Å². The zero-order valence-corrected chi connectivity index (χ0v) is 25.2. The lowest BCUT2D eigenvalue weighted by Crippen LogP contribution is -2.94. The van der Waals surface area contributed by atoms with Gasteiger partial charge in [-0.25, -0.2) is 0 Å². The zero-order chi connectivity index (χ0) is 28.1. The maximum absolute atomic E-state index is 12.0. The third kappa shape index (κ3) is 7.22. The van der Waals surface area contributed by atoms with Gasteiger partial charge in [0, 0.05) is 64.6 Å². The van der Waals surface area contributed by atoms with Crippen LogP contribution >= 0.6 is 0 Å². The molecule has 0 bridgehead atoms. The SMILES string of the molecule is COCCCC1OC2CCC(OC)CC2C(OCCC2CC[NH2+]C(N)C2)C1C1COC2CCC(OC)CC2C1O. The number of fused-ring (bicyclic) bond motifs is 2. The van der Waals surface area contributed by atoms with Gasteiger partial charge in [-0.05, 0) is 70.1 Å². The van der Waals surface area contributed by atoms with Crippen LogP contribution in [0.1, 0.15) is 70.6 Å². The minimum Gasteiger partial charge on any atom is -0.392 e. The van der Waals surface area contributed by atoms with Gasteiger partial charge in [0.1, 0.15) is 6.17 Å². The molecular formula is C31H57N2O7+. The highest BCUT2D eigenvalue weighted by Gasteiger charge is 2.55. The lowest BCUT2D eigenvalue weighted by Gasteiger charge is -2.55. The van der Waals surface area contributed by atoms with Crippen LogP contribution in [-0.4, -0.2) is 102 Å². The number of aliphatic hydroxyl groups is 1. The van der Waals surface area contributed by atoms with Crippen LogP contribution in [0.2, 0.25) is 0 Å². The first-order valence-electron chi connectivity index (χ1n) is 16.2. The number of quaternary nitrogens is 1. The Balaban J connectivity index is 1.37. The molecule has 2 aliphatic carbocycles. The average Bonchev–Trinajstić information content (AvgIpc) is 2.97. The molecule has 232 valence electrons. The summed E-state index contributed by atoms with van der Waals surface area (Å²) in [6, 6.07) is 0. The molecule has 0 amide bonds. The summed E-state index contributed by atoms with van der Waals surface area (Å²) < 4.78 is 37.5. The van der Waals surface area contributed by atoms with Gasteiger partial charge in [0.25, 0.3) is 0 Å². The van der Waals surface area contributed by atoms with E-state index in [9.17, 15) is 5.11 Å². The molecule has 5 rings (SSSR count). The van der Waals surface area contributed by atoms with Crippen molar-refractivity contribution in [2.24, 2.45) is 35.3 Å². The number of aliphatic hydroxyl groups excluding tert-OH is 1. The van der Waals surface area contributed by atoms with Gasteiger partial charge in [-0.15, -0.1) is 0 Å². The molecule has 40 heavy (non-hydrogen) atoms. The quantitative estimate of drug-likeness (QED) is 0.323. The van der Waals surface area contributed by atoms with Crippen LogP contribution in [0.15, 0.2) is 0 Å². The number of ether oxygens (including phenoxy) is 6. The van der Waals surface area contributed by atoms with Gasteiger partial charge in [0.2, 0.25) is 0 Å². The molecule has 3 saturated heterocycles. The van der Waals surface area contributed by atoms with Crippen molar-refractivity contribution in [2.75, 3.05) is 47.7 Å². The number of nitrogens with two attached hydrogens (primary N) is 2. The zero-order valence-electron chi connectivity index (χ0n) is 25.2. The highest BCUT2D eigenvalue weighted by molar-refractivity contribution is 5.03. The minimum absolute atomic E-state index is 0.00897. The third-order valence-corrected chi connectivity index (χ3v) is 11.0. The lowest BCUT2D eigenvalue weighted by molar-refractivity contribution is -0.699. The number of hydrogen-bond acceptors (Lipinski definition) is 8. The van der Waals surface area contributed by atoms with Gasteiger partial charge >= 0.3 is 0 Å². The Morgan fingerprint density at radius 2 is 1.60 bits per heavy atom. The number of piperidine rings is 1. The van der Waals surface area contributed by atoms with E-state index in [2.05, 4.69) is 5.32 Å². The molecular weight excluding hydrogens is 512 g/mol. The fraction of sp³-hybridized carbons (Fsp3) is 1.00. The molecule has 9 heteroatoms. The first kappa shape index (κ1) is 31.1. The summed E-state index contributed by atoms with van der Waals surface area (Å²) in [5, 5.41) is 14.2. The molecule has 5 N–H and O–H groups in total. The summed E-state index contributed by atoms with van der Waals surface area (Å²) in [5.74, 6) is 0.994.